The van der Waals surface area contributed by atoms with Crippen LogP contribution in [0.15, 0.2) is 47.4 Å². The van der Waals surface area contributed by atoms with Crippen molar-refractivity contribution in [2.45, 2.75) is 63.7 Å². The SMILES string of the molecule is Cc1cccc(C)c1NS(=O)(=O)c1ccc(NC(=S)NC(=O)CCC2CCCCC2)cc1. The van der Waals surface area contributed by atoms with E-state index in [9.17, 15) is 13.2 Å². The Labute approximate surface area is 196 Å². The first-order chi connectivity index (χ1) is 15.2. The van der Waals surface area contributed by atoms with Crippen LogP contribution < -0.4 is 15.4 Å². The lowest BCUT2D eigenvalue weighted by molar-refractivity contribution is -0.120. The van der Waals surface area contributed by atoms with Crippen molar-refractivity contribution in [2.24, 2.45) is 5.92 Å². The van der Waals surface area contributed by atoms with Gasteiger partial charge in [-0.1, -0.05) is 50.3 Å². The second-order valence-corrected chi connectivity index (χ2v) is 10.5. The Morgan fingerprint density at radius 3 is 2.25 bits per heavy atom. The van der Waals surface area contributed by atoms with Crippen LogP contribution in [0, 0.1) is 19.8 Å². The Kier molecular flexibility index (Phi) is 8.26. The van der Waals surface area contributed by atoms with Gasteiger partial charge in [0.2, 0.25) is 5.91 Å². The molecule has 0 spiro atoms. The zero-order chi connectivity index (χ0) is 23.1. The predicted octanol–water partition coefficient (Wildman–Crippen LogP) is 5.28. The van der Waals surface area contributed by atoms with Crippen molar-refractivity contribution in [3.8, 4) is 0 Å². The first-order valence-electron chi connectivity index (χ1n) is 11.0. The zero-order valence-corrected chi connectivity index (χ0v) is 20.2. The number of sulfonamides is 1. The average Bonchev–Trinajstić information content (AvgIpc) is 2.76. The Bertz CT molecular complexity index is 1040. The smallest absolute Gasteiger partial charge is 0.261 e. The number of hydrogen-bond donors (Lipinski definition) is 3. The number of anilines is 2. The molecule has 6 nitrogen and oxygen atoms in total. The van der Waals surface area contributed by atoms with E-state index < -0.39 is 10.0 Å². The third kappa shape index (κ3) is 6.77. The van der Waals surface area contributed by atoms with Crippen molar-refractivity contribution in [1.29, 1.82) is 0 Å². The number of benzene rings is 2. The summed E-state index contributed by atoms with van der Waals surface area (Å²) in [6, 6.07) is 11.9. The standard InChI is InChI=1S/C24H31N3O3S2/c1-17-7-6-8-18(2)23(17)27-32(29,30)21-14-12-20(13-15-21)25-24(31)26-22(28)16-11-19-9-4-3-5-10-19/h6-8,12-15,19,27H,3-5,9-11,16H2,1-2H3,(H2,25,26,28,31). The minimum atomic E-state index is -3.72. The summed E-state index contributed by atoms with van der Waals surface area (Å²) in [4.78, 5) is 12.3. The van der Waals surface area contributed by atoms with Crippen molar-refractivity contribution in [3.05, 3.63) is 53.6 Å². The third-order valence-corrected chi connectivity index (χ3v) is 7.47. The number of rotatable bonds is 7. The molecule has 1 aliphatic carbocycles. The van der Waals surface area contributed by atoms with Gasteiger partial charge < -0.3 is 10.6 Å². The van der Waals surface area contributed by atoms with E-state index in [0.29, 0.717) is 23.7 Å². The van der Waals surface area contributed by atoms with Gasteiger partial charge in [0.1, 0.15) is 0 Å². The van der Waals surface area contributed by atoms with Crippen molar-refractivity contribution in [2.75, 3.05) is 10.0 Å². The molecule has 3 rings (SSSR count). The number of nitrogens with one attached hydrogen (secondary N) is 3. The minimum absolute atomic E-state index is 0.0925. The number of aryl methyl sites for hydroxylation is 2. The number of thiocarbonyl (C=S) groups is 1. The Balaban J connectivity index is 1.53. The quantitative estimate of drug-likeness (QED) is 0.477. The van der Waals surface area contributed by atoms with Crippen LogP contribution in [0.25, 0.3) is 0 Å². The molecule has 0 heterocycles. The molecule has 32 heavy (non-hydrogen) atoms. The number of carbonyl (C=O) groups excluding carboxylic acids is 1. The summed E-state index contributed by atoms with van der Waals surface area (Å²) in [7, 11) is -3.72. The average molecular weight is 474 g/mol. The lowest BCUT2D eigenvalue weighted by atomic mass is 9.86. The number of hydrogen-bond acceptors (Lipinski definition) is 4. The van der Waals surface area contributed by atoms with Gasteiger partial charge in [-0.2, -0.15) is 0 Å². The normalized spacial score (nSPS) is 14.6. The maximum atomic E-state index is 12.8. The molecule has 3 N–H and O–H groups in total. The largest absolute Gasteiger partial charge is 0.332 e. The third-order valence-electron chi connectivity index (χ3n) is 5.90. The highest BCUT2D eigenvalue weighted by atomic mass is 32.2. The van der Waals surface area contributed by atoms with Crippen LogP contribution >= 0.6 is 12.2 Å². The van der Waals surface area contributed by atoms with E-state index in [1.165, 1.54) is 44.2 Å². The van der Waals surface area contributed by atoms with Gasteiger partial charge in [0, 0.05) is 12.1 Å². The molecule has 2 aromatic rings. The molecule has 0 unspecified atom stereocenters. The molecule has 1 aliphatic rings. The molecule has 0 radical (unpaired) electrons. The van der Waals surface area contributed by atoms with Gasteiger partial charge in [-0.05, 0) is 73.8 Å². The summed E-state index contributed by atoms with van der Waals surface area (Å²) in [5, 5.41) is 5.86. The molecule has 172 valence electrons. The van der Waals surface area contributed by atoms with Crippen LogP contribution in [0.3, 0.4) is 0 Å². The number of amides is 1. The van der Waals surface area contributed by atoms with Gasteiger partial charge >= 0.3 is 0 Å². The van der Waals surface area contributed by atoms with Gasteiger partial charge in [-0.25, -0.2) is 8.42 Å². The molecule has 0 aliphatic heterocycles. The van der Waals surface area contributed by atoms with E-state index in [2.05, 4.69) is 15.4 Å². The fraction of sp³-hybridized carbons (Fsp3) is 0.417. The molecule has 0 bridgehead atoms. The van der Waals surface area contributed by atoms with E-state index >= 15 is 0 Å². The molecule has 2 aromatic carbocycles. The number of para-hydroxylation sites is 1. The zero-order valence-electron chi connectivity index (χ0n) is 18.6. The van der Waals surface area contributed by atoms with Crippen molar-refractivity contribution in [3.63, 3.8) is 0 Å². The summed E-state index contributed by atoms with van der Waals surface area (Å²) in [5.74, 6) is 0.549. The lowest BCUT2D eigenvalue weighted by Gasteiger charge is -2.21. The van der Waals surface area contributed by atoms with Gasteiger partial charge in [0.25, 0.3) is 10.0 Å². The first kappa shape index (κ1) is 24.2. The first-order valence-corrected chi connectivity index (χ1v) is 12.9. The molecule has 8 heteroatoms. The molecule has 1 fully saturated rings. The van der Waals surface area contributed by atoms with E-state index in [4.69, 9.17) is 12.2 Å². The molecule has 0 aromatic heterocycles. The number of carbonyl (C=O) groups is 1. The van der Waals surface area contributed by atoms with E-state index in [1.54, 1.807) is 12.1 Å². The molecular formula is C24H31N3O3S2. The summed E-state index contributed by atoms with van der Waals surface area (Å²) in [6.07, 6.45) is 7.61. The van der Waals surface area contributed by atoms with Gasteiger partial charge in [-0.15, -0.1) is 0 Å². The fourth-order valence-corrected chi connectivity index (χ4v) is 5.48. The van der Waals surface area contributed by atoms with Crippen LogP contribution in [-0.4, -0.2) is 19.4 Å². The summed E-state index contributed by atoms with van der Waals surface area (Å²) < 4.78 is 28.2. The minimum Gasteiger partial charge on any atom is -0.332 e. The summed E-state index contributed by atoms with van der Waals surface area (Å²) in [5.41, 5.74) is 2.91. The van der Waals surface area contributed by atoms with E-state index in [-0.39, 0.29) is 15.9 Å². The van der Waals surface area contributed by atoms with E-state index in [1.807, 2.05) is 32.0 Å². The van der Waals surface area contributed by atoms with Crippen LogP contribution in [0.5, 0.6) is 0 Å². The van der Waals surface area contributed by atoms with Crippen molar-refractivity contribution < 1.29 is 13.2 Å². The van der Waals surface area contributed by atoms with Gasteiger partial charge in [0.05, 0.1) is 10.6 Å². The fourth-order valence-electron chi connectivity index (χ4n) is 4.05. The molecular weight excluding hydrogens is 442 g/mol. The highest BCUT2D eigenvalue weighted by Gasteiger charge is 2.17. The maximum Gasteiger partial charge on any atom is 0.261 e. The maximum absolute atomic E-state index is 12.8. The monoisotopic (exact) mass is 473 g/mol. The molecule has 1 amide bonds. The molecule has 0 atom stereocenters. The van der Waals surface area contributed by atoms with Crippen LogP contribution in [0.1, 0.15) is 56.1 Å². The Morgan fingerprint density at radius 1 is 1.00 bits per heavy atom. The highest BCUT2D eigenvalue weighted by Crippen LogP contribution is 2.27. The highest BCUT2D eigenvalue weighted by molar-refractivity contribution is 7.92. The summed E-state index contributed by atoms with van der Waals surface area (Å²) >= 11 is 5.23. The lowest BCUT2D eigenvalue weighted by Crippen LogP contribution is -2.34. The van der Waals surface area contributed by atoms with Crippen LogP contribution in [-0.2, 0) is 14.8 Å². The van der Waals surface area contributed by atoms with Crippen LogP contribution in [0.2, 0.25) is 0 Å². The van der Waals surface area contributed by atoms with Gasteiger partial charge in [0.15, 0.2) is 5.11 Å². The molecule has 1 saturated carbocycles. The summed E-state index contributed by atoms with van der Waals surface area (Å²) in [6.45, 7) is 3.73. The van der Waals surface area contributed by atoms with Crippen LogP contribution in [0.4, 0.5) is 11.4 Å². The van der Waals surface area contributed by atoms with Gasteiger partial charge in [-0.3, -0.25) is 9.52 Å². The van der Waals surface area contributed by atoms with E-state index in [0.717, 1.165) is 17.5 Å². The van der Waals surface area contributed by atoms with Crippen molar-refractivity contribution in [1.82, 2.24) is 5.32 Å². The molecule has 0 saturated heterocycles. The second-order valence-electron chi connectivity index (χ2n) is 8.44. The topological polar surface area (TPSA) is 87.3 Å². The Hall–Kier alpha value is -2.45. The predicted molar refractivity (Wildman–Crippen MR) is 133 cm³/mol. The Morgan fingerprint density at radius 2 is 1.62 bits per heavy atom. The second kappa shape index (κ2) is 10.9. The van der Waals surface area contributed by atoms with Crippen molar-refractivity contribution >= 4 is 44.6 Å².